The Hall–Kier alpha value is -2.31. The molecule has 2 fully saturated rings. The highest BCUT2D eigenvalue weighted by Gasteiger charge is 2.46. The molecule has 1 aliphatic carbocycles. The van der Waals surface area contributed by atoms with Crippen LogP contribution in [-0.2, 0) is 6.54 Å². The van der Waals surface area contributed by atoms with Crippen LogP contribution in [0, 0.1) is 0 Å². The third-order valence-electron chi connectivity index (χ3n) is 5.61. The molecule has 140 valence electrons. The summed E-state index contributed by atoms with van der Waals surface area (Å²) >= 11 is 6.48. The second-order valence-electron chi connectivity index (χ2n) is 7.53. The van der Waals surface area contributed by atoms with Gasteiger partial charge in [-0.25, -0.2) is 0 Å². The first-order valence-electron chi connectivity index (χ1n) is 9.50. The Labute approximate surface area is 163 Å². The molecule has 3 N–H and O–H groups in total. The van der Waals surface area contributed by atoms with Crippen molar-refractivity contribution in [3.63, 3.8) is 0 Å². The number of aromatic nitrogens is 2. The van der Waals surface area contributed by atoms with Crippen molar-refractivity contribution in [1.29, 1.82) is 0 Å². The van der Waals surface area contributed by atoms with Crippen LogP contribution in [0.1, 0.15) is 18.4 Å². The quantitative estimate of drug-likeness (QED) is 0.753. The van der Waals surface area contributed by atoms with Crippen molar-refractivity contribution in [1.82, 2.24) is 30.8 Å². The molecule has 0 radical (unpaired) electrons. The van der Waals surface area contributed by atoms with Crippen LogP contribution in [0.4, 0.5) is 0 Å². The van der Waals surface area contributed by atoms with Crippen molar-refractivity contribution in [2.75, 3.05) is 26.2 Å². The number of dihydropyridines is 1. The molecule has 3 heterocycles. The lowest BCUT2D eigenvalue weighted by Crippen LogP contribution is -2.52. The lowest BCUT2D eigenvalue weighted by Gasteiger charge is -2.38. The maximum absolute atomic E-state index is 6.48. The van der Waals surface area contributed by atoms with Crippen LogP contribution >= 0.6 is 11.6 Å². The molecular weight excluding hydrogens is 360 g/mol. The van der Waals surface area contributed by atoms with Crippen LogP contribution in [0.25, 0.3) is 11.0 Å². The monoisotopic (exact) mass is 382 g/mol. The number of nitrogens with zero attached hydrogens (tertiary/aromatic N) is 3. The summed E-state index contributed by atoms with van der Waals surface area (Å²) in [4.78, 5) is 11.2. The van der Waals surface area contributed by atoms with E-state index in [1.54, 1.807) is 12.4 Å². The van der Waals surface area contributed by atoms with E-state index in [4.69, 9.17) is 11.6 Å². The highest BCUT2D eigenvalue weighted by Crippen LogP contribution is 2.39. The summed E-state index contributed by atoms with van der Waals surface area (Å²) in [6.45, 7) is 4.69. The van der Waals surface area contributed by atoms with E-state index < -0.39 is 0 Å². The molecule has 3 aliphatic rings. The molecular formula is C20H23ClN6. The van der Waals surface area contributed by atoms with E-state index in [9.17, 15) is 0 Å². The normalized spacial score (nSPS) is 20.9. The summed E-state index contributed by atoms with van der Waals surface area (Å²) in [6, 6.07) is 3.90. The Bertz CT molecular complexity index is 933. The molecule has 2 aliphatic heterocycles. The molecule has 1 saturated carbocycles. The van der Waals surface area contributed by atoms with Crippen molar-refractivity contribution in [2.24, 2.45) is 0 Å². The Balaban J connectivity index is 1.33. The van der Waals surface area contributed by atoms with E-state index >= 15 is 0 Å². The average Bonchev–Trinajstić information content (AvgIpc) is 3.45. The number of hydrogen-bond acceptors (Lipinski definition) is 6. The molecule has 1 saturated heterocycles. The Morgan fingerprint density at radius 3 is 2.81 bits per heavy atom. The van der Waals surface area contributed by atoms with Crippen LogP contribution < -0.4 is 16.0 Å². The van der Waals surface area contributed by atoms with Gasteiger partial charge in [0.15, 0.2) is 0 Å². The fourth-order valence-electron chi connectivity index (χ4n) is 3.94. The van der Waals surface area contributed by atoms with Gasteiger partial charge >= 0.3 is 0 Å². The second-order valence-corrected chi connectivity index (χ2v) is 7.93. The summed E-state index contributed by atoms with van der Waals surface area (Å²) in [7, 11) is 0. The predicted octanol–water partition coefficient (Wildman–Crippen LogP) is 2.14. The minimum Gasteiger partial charge on any atom is -0.386 e. The molecule has 0 amide bonds. The van der Waals surface area contributed by atoms with Gasteiger partial charge in [-0.05, 0) is 36.6 Å². The molecule has 6 nitrogen and oxygen atoms in total. The van der Waals surface area contributed by atoms with Gasteiger partial charge in [0.1, 0.15) is 0 Å². The molecule has 1 spiro atoms. The highest BCUT2D eigenvalue weighted by molar-refractivity contribution is 6.32. The number of benzene rings is 1. The van der Waals surface area contributed by atoms with Gasteiger partial charge in [0.25, 0.3) is 0 Å². The van der Waals surface area contributed by atoms with E-state index in [0.717, 1.165) is 48.5 Å². The summed E-state index contributed by atoms with van der Waals surface area (Å²) in [5.74, 6) is 0. The third-order valence-corrected chi connectivity index (χ3v) is 5.96. The molecule has 2 aromatic rings. The zero-order valence-corrected chi connectivity index (χ0v) is 15.9. The maximum atomic E-state index is 6.48. The number of piperazine rings is 1. The lowest BCUT2D eigenvalue weighted by molar-refractivity contribution is 0.234. The molecule has 1 aromatic heterocycles. The van der Waals surface area contributed by atoms with Gasteiger partial charge in [-0.2, -0.15) is 0 Å². The first-order valence-corrected chi connectivity index (χ1v) is 9.87. The zero-order chi connectivity index (χ0) is 18.3. The largest absolute Gasteiger partial charge is 0.386 e. The maximum Gasteiger partial charge on any atom is 0.0901 e. The van der Waals surface area contributed by atoms with Crippen LogP contribution in [0.5, 0.6) is 0 Å². The van der Waals surface area contributed by atoms with Gasteiger partial charge in [0, 0.05) is 61.9 Å². The second kappa shape index (κ2) is 6.69. The fraction of sp³-hybridized carbons (Fsp3) is 0.400. The van der Waals surface area contributed by atoms with E-state index in [1.807, 2.05) is 12.1 Å². The van der Waals surface area contributed by atoms with Crippen molar-refractivity contribution in [2.45, 2.75) is 24.9 Å². The fourth-order valence-corrected chi connectivity index (χ4v) is 4.17. The van der Waals surface area contributed by atoms with Gasteiger partial charge in [0.05, 0.1) is 22.4 Å². The summed E-state index contributed by atoms with van der Waals surface area (Å²) < 4.78 is 0. The molecule has 27 heavy (non-hydrogen) atoms. The van der Waals surface area contributed by atoms with Crippen LogP contribution in [0.15, 0.2) is 48.2 Å². The third kappa shape index (κ3) is 3.35. The van der Waals surface area contributed by atoms with Gasteiger partial charge in [-0.1, -0.05) is 11.6 Å². The van der Waals surface area contributed by atoms with Crippen molar-refractivity contribution in [3.8, 4) is 0 Å². The minimum atomic E-state index is 0.357. The van der Waals surface area contributed by atoms with Gasteiger partial charge < -0.3 is 20.9 Å². The van der Waals surface area contributed by atoms with Crippen LogP contribution in [-0.4, -0.2) is 46.6 Å². The first kappa shape index (κ1) is 16.8. The van der Waals surface area contributed by atoms with E-state index in [2.05, 4.69) is 43.1 Å². The molecule has 5 rings (SSSR count). The van der Waals surface area contributed by atoms with E-state index in [0.29, 0.717) is 17.1 Å². The van der Waals surface area contributed by atoms with Gasteiger partial charge in [-0.3, -0.25) is 9.97 Å². The minimum absolute atomic E-state index is 0.357. The predicted molar refractivity (Wildman–Crippen MR) is 107 cm³/mol. The number of halogens is 1. The number of fused-ring (bicyclic) bond motifs is 1. The first-order chi connectivity index (χ1) is 13.2. The summed E-state index contributed by atoms with van der Waals surface area (Å²) in [5.41, 5.74) is 5.47. The Morgan fingerprint density at radius 2 is 2.00 bits per heavy atom. The van der Waals surface area contributed by atoms with Crippen molar-refractivity contribution in [3.05, 3.63) is 58.8 Å². The van der Waals surface area contributed by atoms with Gasteiger partial charge in [-0.15, -0.1) is 0 Å². The van der Waals surface area contributed by atoms with E-state index in [1.165, 1.54) is 18.5 Å². The highest BCUT2D eigenvalue weighted by atomic mass is 35.5. The Morgan fingerprint density at radius 1 is 1.19 bits per heavy atom. The summed E-state index contributed by atoms with van der Waals surface area (Å²) in [6.07, 6.45) is 10.3. The molecule has 0 bridgehead atoms. The molecule has 0 atom stereocenters. The molecule has 1 aromatic carbocycles. The summed E-state index contributed by atoms with van der Waals surface area (Å²) in [5, 5.41) is 11.3. The topological polar surface area (TPSA) is 65.1 Å². The lowest BCUT2D eigenvalue weighted by atomic mass is 10.1. The number of hydrogen-bond donors (Lipinski definition) is 3. The van der Waals surface area contributed by atoms with Crippen LogP contribution in [0.3, 0.4) is 0 Å². The number of rotatable bonds is 4. The van der Waals surface area contributed by atoms with Gasteiger partial charge in [0.2, 0.25) is 0 Å². The molecule has 7 heteroatoms. The smallest absolute Gasteiger partial charge is 0.0901 e. The standard InChI is InChI=1S/C20H23ClN6/c21-15-10-17-16(23-5-6-24-17)9-14(15)11-25-18-12-22-4-1-19(18)27-8-7-26-20(13-27)2-3-20/h1,5-6,9-10,12,22,25-26H,2-4,7-8,11,13H2. The SMILES string of the molecule is Clc1cc2nccnc2cc1CNC1=CNCC=C1N1CCNC2(CC2)C1. The molecule has 0 unspecified atom stereocenters. The Kier molecular flexibility index (Phi) is 4.17. The van der Waals surface area contributed by atoms with Crippen molar-refractivity contribution >= 4 is 22.6 Å². The van der Waals surface area contributed by atoms with E-state index in [-0.39, 0.29) is 0 Å². The van der Waals surface area contributed by atoms with Crippen LogP contribution in [0.2, 0.25) is 5.02 Å². The number of nitrogens with one attached hydrogen (secondary N) is 3. The average molecular weight is 383 g/mol. The van der Waals surface area contributed by atoms with Crippen molar-refractivity contribution < 1.29 is 0 Å². The zero-order valence-electron chi connectivity index (χ0n) is 15.1.